The average molecular weight is 379 g/mol. The topological polar surface area (TPSA) is 86.4 Å². The number of hydrogen-bond donors (Lipinski definition) is 1. The lowest BCUT2D eigenvalue weighted by molar-refractivity contribution is 0.0859. The summed E-state index contributed by atoms with van der Waals surface area (Å²) < 4.78 is 5.28. The van der Waals surface area contributed by atoms with Crippen LogP contribution in [0, 0.1) is 11.3 Å². The molecule has 1 aliphatic carbocycles. The number of aromatic nitrogens is 1. The Morgan fingerprint density at radius 3 is 2.81 bits per heavy atom. The van der Waals surface area contributed by atoms with E-state index in [1.807, 2.05) is 30.5 Å². The van der Waals surface area contributed by atoms with Crippen molar-refractivity contribution in [2.45, 2.75) is 35.3 Å². The third-order valence-corrected chi connectivity index (χ3v) is 6.72. The van der Waals surface area contributed by atoms with Crippen LogP contribution in [0.3, 0.4) is 0 Å². The van der Waals surface area contributed by atoms with Gasteiger partial charge in [0.05, 0.1) is 35.5 Å². The number of ether oxygens (including phenoxy) is 1. The zero-order chi connectivity index (χ0) is 18.6. The number of rotatable bonds is 3. The van der Waals surface area contributed by atoms with Crippen LogP contribution in [-0.4, -0.2) is 40.7 Å². The van der Waals surface area contributed by atoms with Crippen LogP contribution in [0.5, 0.6) is 0 Å². The van der Waals surface area contributed by atoms with Gasteiger partial charge < -0.3 is 9.84 Å². The van der Waals surface area contributed by atoms with Crippen molar-refractivity contribution in [2.24, 2.45) is 0 Å². The molecule has 6 nitrogen and oxygen atoms in total. The first-order valence-electron chi connectivity index (χ1n) is 8.91. The van der Waals surface area contributed by atoms with E-state index in [0.717, 1.165) is 40.2 Å². The second-order valence-corrected chi connectivity index (χ2v) is 8.22. The Balaban J connectivity index is 1.46. The molecule has 5 rings (SSSR count). The standard InChI is InChI=1S/C20H17N3O3S/c21-11-20(5-6-20)18-4-2-13(8-22-18)12-1-3-14-17(7-12)27-10-15-16(9-24)26-19(25)23(14)15/h1-4,7-8,15-16,24H,5-6,9-10H2/t15-,16-/m0/s1. The minimum Gasteiger partial charge on any atom is -0.441 e. The second-order valence-electron chi connectivity index (χ2n) is 7.16. The molecule has 0 unspecified atom stereocenters. The molecule has 27 heavy (non-hydrogen) atoms. The number of carbonyl (C=O) groups is 1. The Kier molecular flexibility index (Phi) is 3.67. The van der Waals surface area contributed by atoms with E-state index in [0.29, 0.717) is 5.75 Å². The van der Waals surface area contributed by atoms with Gasteiger partial charge in [-0.3, -0.25) is 9.88 Å². The number of carbonyl (C=O) groups excluding carboxylic acids is 1. The normalized spacial score (nSPS) is 24.6. The molecule has 2 aromatic rings. The van der Waals surface area contributed by atoms with E-state index in [4.69, 9.17) is 4.74 Å². The molecule has 7 heteroatoms. The molecule has 1 saturated heterocycles. The van der Waals surface area contributed by atoms with Gasteiger partial charge in [0, 0.05) is 22.4 Å². The summed E-state index contributed by atoms with van der Waals surface area (Å²) in [5, 5.41) is 18.7. The van der Waals surface area contributed by atoms with Gasteiger partial charge in [-0.2, -0.15) is 5.26 Å². The van der Waals surface area contributed by atoms with Gasteiger partial charge in [0.15, 0.2) is 0 Å². The molecule has 1 aromatic carbocycles. The molecule has 2 atom stereocenters. The fraction of sp³-hybridized carbons (Fsp3) is 0.350. The van der Waals surface area contributed by atoms with Crippen molar-refractivity contribution in [3.63, 3.8) is 0 Å². The lowest BCUT2D eigenvalue weighted by Gasteiger charge is -2.30. The van der Waals surface area contributed by atoms with Gasteiger partial charge in [0.1, 0.15) is 6.10 Å². The summed E-state index contributed by atoms with van der Waals surface area (Å²) in [6.45, 7) is -0.164. The monoisotopic (exact) mass is 379 g/mol. The van der Waals surface area contributed by atoms with E-state index in [2.05, 4.69) is 17.1 Å². The van der Waals surface area contributed by atoms with Gasteiger partial charge in [-0.25, -0.2) is 4.79 Å². The fourth-order valence-corrected chi connectivity index (χ4v) is 5.00. The first-order valence-corrected chi connectivity index (χ1v) is 9.89. The molecular formula is C20H17N3O3S. The summed E-state index contributed by atoms with van der Waals surface area (Å²) in [7, 11) is 0. The van der Waals surface area contributed by atoms with Crippen molar-refractivity contribution >= 4 is 23.5 Å². The van der Waals surface area contributed by atoms with Crippen LogP contribution in [0.15, 0.2) is 41.4 Å². The van der Waals surface area contributed by atoms with Crippen LogP contribution in [0.4, 0.5) is 10.5 Å². The number of hydrogen-bond acceptors (Lipinski definition) is 6. The molecule has 2 aliphatic heterocycles. The molecule has 1 N–H and O–H groups in total. The number of pyridine rings is 1. The summed E-state index contributed by atoms with van der Waals surface area (Å²) in [5.74, 6) is 0.690. The van der Waals surface area contributed by atoms with Crippen LogP contribution in [0.25, 0.3) is 11.1 Å². The number of nitrogens with zero attached hydrogens (tertiary/aromatic N) is 3. The highest BCUT2D eigenvalue weighted by atomic mass is 32.2. The lowest BCUT2D eigenvalue weighted by Crippen LogP contribution is -2.42. The molecule has 136 valence electrons. The molecular weight excluding hydrogens is 362 g/mol. The number of anilines is 1. The summed E-state index contributed by atoms with van der Waals surface area (Å²) in [6, 6.07) is 12.1. The van der Waals surface area contributed by atoms with Gasteiger partial charge in [0.25, 0.3) is 0 Å². The first-order chi connectivity index (χ1) is 13.1. The fourth-order valence-electron chi connectivity index (χ4n) is 3.77. The van der Waals surface area contributed by atoms with Gasteiger partial charge in [-0.15, -0.1) is 11.8 Å². The minimum atomic E-state index is -0.468. The zero-order valence-electron chi connectivity index (χ0n) is 14.5. The summed E-state index contributed by atoms with van der Waals surface area (Å²) >= 11 is 1.67. The Morgan fingerprint density at radius 2 is 2.15 bits per heavy atom. The molecule has 1 aromatic heterocycles. The van der Waals surface area contributed by atoms with Crippen molar-refractivity contribution in [1.29, 1.82) is 5.26 Å². The third-order valence-electron chi connectivity index (χ3n) is 5.57. The quantitative estimate of drug-likeness (QED) is 0.882. The third kappa shape index (κ3) is 2.52. The van der Waals surface area contributed by atoms with E-state index in [-0.39, 0.29) is 18.1 Å². The maximum atomic E-state index is 12.2. The first kappa shape index (κ1) is 16.6. The van der Waals surface area contributed by atoms with E-state index in [9.17, 15) is 15.2 Å². The highest BCUT2D eigenvalue weighted by molar-refractivity contribution is 7.99. The van der Waals surface area contributed by atoms with Crippen LogP contribution < -0.4 is 4.90 Å². The van der Waals surface area contributed by atoms with Crippen LogP contribution in [-0.2, 0) is 10.2 Å². The number of benzene rings is 1. The lowest BCUT2D eigenvalue weighted by atomic mass is 10.0. The molecule has 1 amide bonds. The maximum absolute atomic E-state index is 12.2. The number of nitriles is 1. The molecule has 3 aliphatic rings. The van der Waals surface area contributed by atoms with Crippen molar-refractivity contribution in [3.8, 4) is 17.2 Å². The molecule has 3 heterocycles. The SMILES string of the molecule is N#CC1(c2ccc(-c3ccc4c(c3)SC[C@H]3[C@H](CO)OC(=O)N43)cn2)CC1. The smallest absolute Gasteiger partial charge is 0.415 e. The van der Waals surface area contributed by atoms with Crippen LogP contribution in [0.1, 0.15) is 18.5 Å². The van der Waals surface area contributed by atoms with Crippen molar-refractivity contribution in [1.82, 2.24) is 4.98 Å². The maximum Gasteiger partial charge on any atom is 0.415 e. The second kappa shape index (κ2) is 5.98. The van der Waals surface area contributed by atoms with Gasteiger partial charge >= 0.3 is 6.09 Å². The largest absolute Gasteiger partial charge is 0.441 e. The Labute approximate surface area is 160 Å². The van der Waals surface area contributed by atoms with E-state index in [1.54, 1.807) is 16.7 Å². The highest BCUT2D eigenvalue weighted by Gasteiger charge is 2.46. The van der Waals surface area contributed by atoms with Crippen molar-refractivity contribution in [3.05, 3.63) is 42.2 Å². The van der Waals surface area contributed by atoms with Gasteiger partial charge in [-0.05, 0) is 36.6 Å². The number of amides is 1. The molecule has 0 radical (unpaired) electrons. The van der Waals surface area contributed by atoms with Crippen molar-refractivity contribution < 1.29 is 14.6 Å². The highest BCUT2D eigenvalue weighted by Crippen LogP contribution is 2.47. The summed E-state index contributed by atoms with van der Waals surface area (Å²) in [5.41, 5.74) is 3.30. The van der Waals surface area contributed by atoms with E-state index >= 15 is 0 Å². The number of thioether (sulfide) groups is 1. The Bertz CT molecular complexity index is 965. The van der Waals surface area contributed by atoms with Crippen LogP contribution in [0.2, 0.25) is 0 Å². The van der Waals surface area contributed by atoms with Gasteiger partial charge in [-0.1, -0.05) is 12.1 Å². The number of fused-ring (bicyclic) bond motifs is 3. The Morgan fingerprint density at radius 1 is 1.33 bits per heavy atom. The van der Waals surface area contributed by atoms with Crippen molar-refractivity contribution in [2.75, 3.05) is 17.3 Å². The predicted octanol–water partition coefficient (Wildman–Crippen LogP) is 3.10. The summed E-state index contributed by atoms with van der Waals surface area (Å²) in [4.78, 5) is 19.4. The van der Waals surface area contributed by atoms with Crippen LogP contribution >= 0.6 is 11.8 Å². The molecule has 0 bridgehead atoms. The number of aliphatic hydroxyl groups excluding tert-OH is 1. The zero-order valence-corrected chi connectivity index (χ0v) is 15.3. The predicted molar refractivity (Wildman–Crippen MR) is 101 cm³/mol. The molecule has 0 spiro atoms. The van der Waals surface area contributed by atoms with E-state index in [1.165, 1.54) is 0 Å². The molecule has 1 saturated carbocycles. The molecule has 2 fully saturated rings. The average Bonchev–Trinajstić information content (AvgIpc) is 3.45. The summed E-state index contributed by atoms with van der Waals surface area (Å²) in [6.07, 6.45) is 2.71. The Hall–Kier alpha value is -2.56. The number of aliphatic hydroxyl groups is 1. The van der Waals surface area contributed by atoms with Gasteiger partial charge in [0.2, 0.25) is 0 Å². The van der Waals surface area contributed by atoms with E-state index < -0.39 is 12.2 Å². The number of cyclic esters (lactones) is 1. The minimum absolute atomic E-state index is 0.132.